The number of benzene rings is 1. The second-order valence-electron chi connectivity index (χ2n) is 10.8. The van der Waals surface area contributed by atoms with E-state index in [0.29, 0.717) is 0 Å². The molecule has 10 heteroatoms. The predicted octanol–water partition coefficient (Wildman–Crippen LogP) is 3.86. The first-order valence-corrected chi connectivity index (χ1v) is 14.3. The van der Waals surface area contributed by atoms with Crippen LogP contribution in [-0.4, -0.2) is 67.6 Å². The molecule has 40 heavy (non-hydrogen) atoms. The third-order valence-corrected chi connectivity index (χ3v) is 7.96. The Bertz CT molecular complexity index is 1590. The van der Waals surface area contributed by atoms with Crippen molar-refractivity contribution in [2.24, 2.45) is 17.8 Å². The molecule has 0 aliphatic carbocycles. The van der Waals surface area contributed by atoms with E-state index in [9.17, 15) is 4.79 Å². The Morgan fingerprint density at radius 1 is 1.25 bits per heavy atom. The smallest absolute Gasteiger partial charge is 0.329 e. The lowest BCUT2D eigenvalue weighted by molar-refractivity contribution is 0.150. The van der Waals surface area contributed by atoms with E-state index in [0.717, 1.165) is 85.4 Å². The van der Waals surface area contributed by atoms with E-state index in [1.165, 1.54) is 5.56 Å². The number of fused-ring (bicyclic) bond motifs is 2. The molecule has 4 heterocycles. The van der Waals surface area contributed by atoms with Crippen molar-refractivity contribution < 1.29 is 0 Å². The summed E-state index contributed by atoms with van der Waals surface area (Å²) in [4.78, 5) is 24.4. The van der Waals surface area contributed by atoms with Crippen molar-refractivity contribution in [1.29, 1.82) is 0 Å². The van der Waals surface area contributed by atoms with E-state index in [-0.39, 0.29) is 17.8 Å². The third-order valence-electron chi connectivity index (χ3n) is 7.96. The quantitative estimate of drug-likeness (QED) is 0.207. The number of hydrogen-bond acceptors (Lipinski definition) is 7. The number of imidazole rings is 2. The maximum absolute atomic E-state index is 12.8. The molecule has 4 aromatic rings. The van der Waals surface area contributed by atoms with Crippen LogP contribution in [-0.2, 0) is 13.5 Å². The average Bonchev–Trinajstić information content (AvgIpc) is 3.51. The maximum atomic E-state index is 12.8. The van der Waals surface area contributed by atoms with Gasteiger partial charge in [-0.25, -0.2) is 14.3 Å². The van der Waals surface area contributed by atoms with Gasteiger partial charge >= 0.3 is 5.69 Å². The van der Waals surface area contributed by atoms with Crippen LogP contribution < -0.4 is 16.7 Å². The van der Waals surface area contributed by atoms with Gasteiger partial charge in [-0.3, -0.25) is 19.0 Å². The highest BCUT2D eigenvalue weighted by Gasteiger charge is 2.25. The minimum Gasteiger partial charge on any atom is -0.404 e. The molecule has 5 rings (SSSR count). The fraction of sp³-hybridized carbons (Fsp3) is 0.467. The van der Waals surface area contributed by atoms with Gasteiger partial charge in [0.25, 0.3) is 0 Å². The number of likely N-dealkylation sites (tertiary alicyclic amines) is 1. The van der Waals surface area contributed by atoms with E-state index in [2.05, 4.69) is 52.3 Å². The van der Waals surface area contributed by atoms with Crippen LogP contribution in [0.1, 0.15) is 56.8 Å². The zero-order chi connectivity index (χ0) is 28.2. The molecule has 0 amide bonds. The highest BCUT2D eigenvalue weighted by Crippen LogP contribution is 2.23. The first-order chi connectivity index (χ1) is 19.4. The Balaban J connectivity index is 1.10. The predicted molar refractivity (Wildman–Crippen MR) is 163 cm³/mol. The van der Waals surface area contributed by atoms with Gasteiger partial charge < -0.3 is 11.1 Å². The summed E-state index contributed by atoms with van der Waals surface area (Å²) >= 11 is 0. The number of aryl methyl sites for hydroxylation is 2. The van der Waals surface area contributed by atoms with Gasteiger partial charge in [0.2, 0.25) is 0 Å². The van der Waals surface area contributed by atoms with Crippen molar-refractivity contribution in [1.82, 2.24) is 28.6 Å². The topological polar surface area (TPSA) is 111 Å². The summed E-state index contributed by atoms with van der Waals surface area (Å²) in [5.41, 5.74) is 12.6. The number of nitrogens with zero attached hydrogens (tertiary/aromatic N) is 7. The Kier molecular flexibility index (Phi) is 8.35. The second kappa shape index (κ2) is 12.1. The molecule has 212 valence electrons. The number of aliphatic imine (C=N–C) groups is 1. The Hall–Kier alpha value is -3.92. The molecule has 1 unspecified atom stereocenters. The second-order valence-corrected chi connectivity index (χ2v) is 10.8. The van der Waals surface area contributed by atoms with Crippen LogP contribution in [0.4, 0.5) is 5.69 Å². The molecule has 0 bridgehead atoms. The number of nitrogens with two attached hydrogens (primary N) is 1. The number of aromatic nitrogens is 5. The summed E-state index contributed by atoms with van der Waals surface area (Å²) in [5, 5.41) is 7.78. The molecule has 1 aliphatic rings. The van der Waals surface area contributed by atoms with Crippen molar-refractivity contribution in [3.8, 4) is 0 Å². The number of nitrogens with one attached hydrogen (secondary N) is 1. The van der Waals surface area contributed by atoms with E-state index >= 15 is 0 Å². The summed E-state index contributed by atoms with van der Waals surface area (Å²) in [7, 11) is 3.75. The van der Waals surface area contributed by atoms with Gasteiger partial charge in [-0.2, -0.15) is 5.10 Å². The van der Waals surface area contributed by atoms with Crippen molar-refractivity contribution in [2.75, 3.05) is 32.0 Å². The van der Waals surface area contributed by atoms with Crippen molar-refractivity contribution in [3.05, 3.63) is 64.6 Å². The van der Waals surface area contributed by atoms with Gasteiger partial charge in [0.1, 0.15) is 0 Å². The van der Waals surface area contributed by atoms with Gasteiger partial charge in [-0.1, -0.05) is 19.4 Å². The molecule has 1 aromatic carbocycles. The van der Waals surface area contributed by atoms with Crippen molar-refractivity contribution >= 4 is 34.2 Å². The summed E-state index contributed by atoms with van der Waals surface area (Å²) < 4.78 is 5.49. The molecule has 0 saturated carbocycles. The molecule has 1 saturated heterocycles. The van der Waals surface area contributed by atoms with Gasteiger partial charge in [0.15, 0.2) is 5.65 Å². The van der Waals surface area contributed by atoms with Crippen LogP contribution >= 0.6 is 0 Å². The molecule has 1 atom stereocenters. The Morgan fingerprint density at radius 2 is 2.08 bits per heavy atom. The molecule has 3 N–H and O–H groups in total. The summed E-state index contributed by atoms with van der Waals surface area (Å²) in [6.45, 7) is 7.29. The van der Waals surface area contributed by atoms with E-state index < -0.39 is 0 Å². The SMILES string of the molecule is CCCC(C)n1c(=O)n(C)c2cc(CCCCN3CC(N=C/C(=C\N)c4cc(NC)c5nccn5n4)C3)ccc21. The zero-order valence-electron chi connectivity index (χ0n) is 24.0. The van der Waals surface area contributed by atoms with Crippen LogP contribution in [0, 0.1) is 0 Å². The largest absolute Gasteiger partial charge is 0.404 e. The molecule has 3 aromatic heterocycles. The normalized spacial score (nSPS) is 15.8. The van der Waals surface area contributed by atoms with Gasteiger partial charge in [0.05, 0.1) is 28.5 Å². The van der Waals surface area contributed by atoms with E-state index in [4.69, 9.17) is 10.7 Å². The van der Waals surface area contributed by atoms with Crippen LogP contribution in [0.25, 0.3) is 22.3 Å². The average molecular weight is 544 g/mol. The zero-order valence-corrected chi connectivity index (χ0v) is 24.0. The number of allylic oxidation sites excluding steroid dienone is 1. The first kappa shape index (κ1) is 27.6. The van der Waals surface area contributed by atoms with Gasteiger partial charge in [0, 0.05) is 63.6 Å². The Labute approximate surface area is 235 Å². The lowest BCUT2D eigenvalue weighted by Crippen LogP contribution is -2.50. The number of rotatable bonds is 12. The highest BCUT2D eigenvalue weighted by molar-refractivity contribution is 6.09. The minimum atomic E-state index is 0.0791. The first-order valence-electron chi connectivity index (χ1n) is 14.3. The fourth-order valence-electron chi connectivity index (χ4n) is 5.64. The highest BCUT2D eigenvalue weighted by atomic mass is 16.1. The standard InChI is InChI=1S/C30H41N9O/c1-5-8-21(2)39-27-11-10-22(15-28(27)36(4)30(39)40)9-6-7-13-37-19-24(20-37)34-18-23(17-31)25-16-26(32-3)29-33-12-14-38(29)35-25/h10-12,14-18,21,24,32H,5-9,13,19-20,31H2,1-4H3/b23-17+,34-18?. The van der Waals surface area contributed by atoms with E-state index in [1.807, 2.05) is 37.1 Å². The number of anilines is 1. The fourth-order valence-corrected chi connectivity index (χ4v) is 5.64. The molecule has 10 nitrogen and oxygen atoms in total. The van der Waals surface area contributed by atoms with Gasteiger partial charge in [-0.05, 0) is 62.9 Å². The molecule has 0 spiro atoms. The molecule has 0 radical (unpaired) electrons. The lowest BCUT2D eigenvalue weighted by Gasteiger charge is -2.36. The molecule has 1 aliphatic heterocycles. The number of unbranched alkanes of at least 4 members (excludes halogenated alkanes) is 1. The van der Waals surface area contributed by atoms with Crippen molar-refractivity contribution in [2.45, 2.75) is 58.0 Å². The van der Waals surface area contributed by atoms with Crippen LogP contribution in [0.3, 0.4) is 0 Å². The number of hydrogen-bond donors (Lipinski definition) is 2. The summed E-state index contributed by atoms with van der Waals surface area (Å²) in [6, 6.07) is 8.94. The monoisotopic (exact) mass is 543 g/mol. The summed E-state index contributed by atoms with van der Waals surface area (Å²) in [6.07, 6.45) is 12.3. The maximum Gasteiger partial charge on any atom is 0.329 e. The molecular weight excluding hydrogens is 502 g/mol. The van der Waals surface area contributed by atoms with Crippen LogP contribution in [0.15, 0.2) is 52.6 Å². The van der Waals surface area contributed by atoms with Crippen molar-refractivity contribution in [3.63, 3.8) is 0 Å². The lowest BCUT2D eigenvalue weighted by atomic mass is 10.1. The summed E-state index contributed by atoms with van der Waals surface area (Å²) in [5.74, 6) is 0. The molecule has 1 fully saturated rings. The minimum absolute atomic E-state index is 0.0791. The van der Waals surface area contributed by atoms with Crippen LogP contribution in [0.5, 0.6) is 0 Å². The van der Waals surface area contributed by atoms with Gasteiger partial charge in [-0.15, -0.1) is 0 Å². The molecular formula is C30H41N9O. The third kappa shape index (κ3) is 5.54. The Morgan fingerprint density at radius 3 is 2.83 bits per heavy atom. The van der Waals surface area contributed by atoms with E-state index in [1.54, 1.807) is 21.5 Å². The van der Waals surface area contributed by atoms with Crippen LogP contribution in [0.2, 0.25) is 0 Å².